The first-order chi connectivity index (χ1) is 12.0. The van der Waals surface area contributed by atoms with Crippen molar-refractivity contribution in [3.05, 3.63) is 59.2 Å². The number of methoxy groups -OCH3 is 1. The average Bonchev–Trinajstić information content (AvgIpc) is 2.58. The molecule has 0 saturated carbocycles. The highest BCUT2D eigenvalue weighted by Gasteiger charge is 2.24. The number of aryl methyl sites for hydroxylation is 1. The summed E-state index contributed by atoms with van der Waals surface area (Å²) in [4.78, 5) is 23.2. The predicted molar refractivity (Wildman–Crippen MR) is 100 cm³/mol. The van der Waals surface area contributed by atoms with Crippen molar-refractivity contribution < 1.29 is 14.3 Å². The molecule has 0 unspecified atom stereocenters. The van der Waals surface area contributed by atoms with Crippen molar-refractivity contribution in [1.29, 1.82) is 0 Å². The van der Waals surface area contributed by atoms with Crippen LogP contribution in [-0.4, -0.2) is 24.0 Å². The molecule has 2 aromatic carbocycles. The van der Waals surface area contributed by atoms with Crippen molar-refractivity contribution in [3.8, 4) is 16.9 Å². The van der Waals surface area contributed by atoms with Gasteiger partial charge in [0.25, 0.3) is 5.91 Å². The molecule has 0 bridgehead atoms. The molecule has 1 aliphatic rings. The van der Waals surface area contributed by atoms with Crippen molar-refractivity contribution >= 4 is 35.2 Å². The van der Waals surface area contributed by atoms with Crippen LogP contribution in [0.4, 0.5) is 4.79 Å². The van der Waals surface area contributed by atoms with Gasteiger partial charge in [0.05, 0.1) is 12.7 Å². The molecule has 1 fully saturated rings. The molecule has 25 heavy (non-hydrogen) atoms. The van der Waals surface area contributed by atoms with Crippen LogP contribution in [0.2, 0.25) is 0 Å². The largest absolute Gasteiger partial charge is 0.497 e. The molecule has 126 valence electrons. The second-order valence-corrected chi connectivity index (χ2v) is 6.01. The number of rotatable bonds is 3. The topological polar surface area (TPSA) is 67.4 Å². The molecular formula is C19H16N2O3S. The van der Waals surface area contributed by atoms with Crippen LogP contribution in [0.1, 0.15) is 11.1 Å². The summed E-state index contributed by atoms with van der Waals surface area (Å²) in [7, 11) is 1.64. The standard InChI is InChI=1S/C19H16N2O3S/c1-11-9-14(24-2)7-8-15(11)13-5-3-12(4-6-13)10-16-17(22)20-19(23)21-18(16)25/h3-10H,1-2H3,(H2,20,21,22,23,25)/b16-10+. The van der Waals surface area contributed by atoms with E-state index in [-0.39, 0.29) is 10.6 Å². The van der Waals surface area contributed by atoms with Crippen LogP contribution in [0.15, 0.2) is 48.0 Å². The van der Waals surface area contributed by atoms with E-state index in [0.29, 0.717) is 0 Å². The van der Waals surface area contributed by atoms with E-state index < -0.39 is 11.9 Å². The van der Waals surface area contributed by atoms with Gasteiger partial charge in [0.1, 0.15) is 10.7 Å². The lowest BCUT2D eigenvalue weighted by Crippen LogP contribution is -2.50. The van der Waals surface area contributed by atoms with Crippen molar-refractivity contribution in [2.75, 3.05) is 7.11 Å². The third-order valence-corrected chi connectivity index (χ3v) is 4.23. The summed E-state index contributed by atoms with van der Waals surface area (Å²) < 4.78 is 5.23. The third-order valence-electron chi connectivity index (χ3n) is 3.91. The van der Waals surface area contributed by atoms with Crippen molar-refractivity contribution in [3.63, 3.8) is 0 Å². The van der Waals surface area contributed by atoms with E-state index in [4.69, 9.17) is 17.0 Å². The molecule has 6 heteroatoms. The summed E-state index contributed by atoms with van der Waals surface area (Å²) in [5.74, 6) is 0.324. The van der Waals surface area contributed by atoms with Gasteiger partial charge in [-0.2, -0.15) is 0 Å². The van der Waals surface area contributed by atoms with Crippen LogP contribution in [0.25, 0.3) is 17.2 Å². The van der Waals surface area contributed by atoms with E-state index in [1.54, 1.807) is 13.2 Å². The van der Waals surface area contributed by atoms with Crippen LogP contribution >= 0.6 is 12.2 Å². The minimum Gasteiger partial charge on any atom is -0.497 e. The summed E-state index contributed by atoms with van der Waals surface area (Å²) in [6, 6.07) is 13.1. The molecule has 0 atom stereocenters. The van der Waals surface area contributed by atoms with Gasteiger partial charge >= 0.3 is 6.03 Å². The van der Waals surface area contributed by atoms with E-state index in [0.717, 1.165) is 28.0 Å². The molecule has 3 rings (SSSR count). The fourth-order valence-electron chi connectivity index (χ4n) is 2.62. The SMILES string of the molecule is COc1ccc(-c2ccc(/C=C3\C(=O)NC(=O)NC3=S)cc2)c(C)c1. The zero-order chi connectivity index (χ0) is 18.0. The number of nitrogens with one attached hydrogen (secondary N) is 2. The number of urea groups is 1. The summed E-state index contributed by atoms with van der Waals surface area (Å²) in [5, 5.41) is 4.59. The molecule has 2 N–H and O–H groups in total. The highest BCUT2D eigenvalue weighted by atomic mass is 32.1. The molecule has 0 radical (unpaired) electrons. The highest BCUT2D eigenvalue weighted by molar-refractivity contribution is 7.81. The Morgan fingerprint density at radius 2 is 1.76 bits per heavy atom. The van der Waals surface area contributed by atoms with Crippen LogP contribution in [-0.2, 0) is 4.79 Å². The molecule has 5 nitrogen and oxygen atoms in total. The van der Waals surface area contributed by atoms with Gasteiger partial charge in [0.2, 0.25) is 0 Å². The van der Waals surface area contributed by atoms with Crippen molar-refractivity contribution in [2.45, 2.75) is 6.92 Å². The Balaban J connectivity index is 1.88. The van der Waals surface area contributed by atoms with Crippen LogP contribution in [0.3, 0.4) is 0 Å². The lowest BCUT2D eigenvalue weighted by molar-refractivity contribution is -0.116. The molecule has 1 heterocycles. The molecule has 1 aliphatic heterocycles. The number of thiocarbonyl (C=S) groups is 1. The lowest BCUT2D eigenvalue weighted by atomic mass is 9.98. The second kappa shape index (κ2) is 6.86. The summed E-state index contributed by atoms with van der Waals surface area (Å²) >= 11 is 5.05. The lowest BCUT2D eigenvalue weighted by Gasteiger charge is -2.16. The number of amides is 3. The number of ether oxygens (including phenoxy) is 1. The molecule has 2 aromatic rings. The minimum atomic E-state index is -0.600. The van der Waals surface area contributed by atoms with Gasteiger partial charge in [-0.05, 0) is 47.4 Å². The Morgan fingerprint density at radius 3 is 2.36 bits per heavy atom. The van der Waals surface area contributed by atoms with E-state index >= 15 is 0 Å². The van der Waals surface area contributed by atoms with Gasteiger partial charge in [-0.1, -0.05) is 42.5 Å². The highest BCUT2D eigenvalue weighted by Crippen LogP contribution is 2.27. The van der Waals surface area contributed by atoms with Gasteiger partial charge in [0.15, 0.2) is 0 Å². The summed E-state index contributed by atoms with van der Waals surface area (Å²) in [5.41, 5.74) is 4.37. The number of carbonyl (C=O) groups excluding carboxylic acids is 2. The molecule has 0 spiro atoms. The number of hydrogen-bond acceptors (Lipinski definition) is 4. The Kier molecular flexibility index (Phi) is 4.63. The molecular weight excluding hydrogens is 336 g/mol. The molecule has 0 aromatic heterocycles. The number of imide groups is 1. The van der Waals surface area contributed by atoms with E-state index in [2.05, 4.69) is 10.6 Å². The molecule has 3 amide bonds. The number of benzene rings is 2. The number of hydrogen-bond donors (Lipinski definition) is 2. The summed E-state index contributed by atoms with van der Waals surface area (Å²) in [6.45, 7) is 2.03. The van der Waals surface area contributed by atoms with E-state index in [1.165, 1.54) is 0 Å². The summed E-state index contributed by atoms with van der Waals surface area (Å²) in [6.07, 6.45) is 1.65. The van der Waals surface area contributed by atoms with E-state index in [9.17, 15) is 9.59 Å². The Bertz CT molecular complexity index is 879. The van der Waals surface area contributed by atoms with Gasteiger partial charge in [-0.15, -0.1) is 0 Å². The Hall–Kier alpha value is -2.99. The van der Waals surface area contributed by atoms with E-state index in [1.807, 2.05) is 49.4 Å². The maximum atomic E-state index is 11.9. The average molecular weight is 352 g/mol. The molecule has 1 saturated heterocycles. The van der Waals surface area contributed by atoms with Crippen molar-refractivity contribution in [2.24, 2.45) is 0 Å². The predicted octanol–water partition coefficient (Wildman–Crippen LogP) is 3.22. The monoisotopic (exact) mass is 352 g/mol. The zero-order valence-electron chi connectivity index (χ0n) is 13.8. The van der Waals surface area contributed by atoms with Gasteiger partial charge < -0.3 is 4.74 Å². The maximum Gasteiger partial charge on any atom is 0.326 e. The first kappa shape index (κ1) is 16.9. The maximum absolute atomic E-state index is 11.9. The van der Waals surface area contributed by atoms with Gasteiger partial charge in [-0.3, -0.25) is 15.4 Å². The first-order valence-corrected chi connectivity index (χ1v) is 8.02. The zero-order valence-corrected chi connectivity index (χ0v) is 14.6. The van der Waals surface area contributed by atoms with Crippen molar-refractivity contribution in [1.82, 2.24) is 10.6 Å². The van der Waals surface area contributed by atoms with Gasteiger partial charge in [0, 0.05) is 0 Å². The Labute approximate surface area is 150 Å². The fourth-order valence-corrected chi connectivity index (χ4v) is 2.86. The Morgan fingerprint density at radius 1 is 1.04 bits per heavy atom. The van der Waals surface area contributed by atoms with Crippen LogP contribution in [0, 0.1) is 6.92 Å². The third kappa shape index (κ3) is 3.59. The van der Waals surface area contributed by atoms with Gasteiger partial charge in [-0.25, -0.2) is 4.79 Å². The number of carbonyl (C=O) groups is 2. The first-order valence-electron chi connectivity index (χ1n) is 7.61. The quantitative estimate of drug-likeness (QED) is 0.657. The second-order valence-electron chi connectivity index (χ2n) is 5.60. The minimum absolute atomic E-state index is 0.129. The molecule has 0 aliphatic carbocycles. The fraction of sp³-hybridized carbons (Fsp3) is 0.105. The van der Waals surface area contributed by atoms with Crippen LogP contribution in [0.5, 0.6) is 5.75 Å². The smallest absolute Gasteiger partial charge is 0.326 e. The normalized spacial score (nSPS) is 15.8. The van der Waals surface area contributed by atoms with Crippen LogP contribution < -0.4 is 15.4 Å².